The largest absolute Gasteiger partial charge is 0.490 e. The average Bonchev–Trinajstić information content (AvgIpc) is 3.16. The monoisotopic (exact) mass is 455 g/mol. The number of hydrogen-bond acceptors (Lipinski definition) is 7. The fourth-order valence-corrected chi connectivity index (χ4v) is 4.76. The third-order valence-electron chi connectivity index (χ3n) is 5.45. The summed E-state index contributed by atoms with van der Waals surface area (Å²) in [5, 5.41) is 0.358. The van der Waals surface area contributed by atoms with E-state index in [9.17, 15) is 14.4 Å². The van der Waals surface area contributed by atoms with Crippen LogP contribution in [0.4, 0.5) is 0 Å². The van der Waals surface area contributed by atoms with Gasteiger partial charge in [0.25, 0.3) is 5.56 Å². The van der Waals surface area contributed by atoms with Crippen molar-refractivity contribution >= 4 is 33.4 Å². The molecule has 3 aromatic rings. The van der Waals surface area contributed by atoms with Crippen LogP contribution < -0.4 is 10.3 Å². The van der Waals surface area contributed by atoms with E-state index in [4.69, 9.17) is 9.47 Å². The minimum Gasteiger partial charge on any atom is -0.490 e. The number of para-hydroxylation sites is 1. The Labute approximate surface area is 189 Å². The lowest BCUT2D eigenvalue weighted by Crippen LogP contribution is -2.39. The van der Waals surface area contributed by atoms with Crippen LogP contribution in [0.1, 0.15) is 34.5 Å². The number of piperidine rings is 1. The van der Waals surface area contributed by atoms with Gasteiger partial charge in [0.15, 0.2) is 0 Å². The quantitative estimate of drug-likeness (QED) is 0.402. The van der Waals surface area contributed by atoms with E-state index in [-0.39, 0.29) is 31.2 Å². The van der Waals surface area contributed by atoms with Gasteiger partial charge < -0.3 is 14.4 Å². The van der Waals surface area contributed by atoms with E-state index in [0.717, 1.165) is 43.7 Å². The van der Waals surface area contributed by atoms with E-state index >= 15 is 0 Å². The molecule has 0 radical (unpaired) electrons. The van der Waals surface area contributed by atoms with Crippen molar-refractivity contribution < 1.29 is 19.1 Å². The molecule has 0 saturated carbocycles. The summed E-state index contributed by atoms with van der Waals surface area (Å²) in [4.78, 5) is 45.0. The molecule has 0 spiro atoms. The topological polar surface area (TPSA) is 90.7 Å². The summed E-state index contributed by atoms with van der Waals surface area (Å²) in [5.74, 6) is 0.0989. The van der Waals surface area contributed by atoms with Crippen LogP contribution in [0.2, 0.25) is 0 Å². The maximum absolute atomic E-state index is 13.0. The lowest BCUT2D eigenvalue weighted by molar-refractivity contribution is -0.132. The molecule has 1 aliphatic rings. The normalized spacial score (nSPS) is 13.8. The van der Waals surface area contributed by atoms with E-state index in [2.05, 4.69) is 4.98 Å². The first-order valence-electron chi connectivity index (χ1n) is 10.7. The molecule has 0 aliphatic carbocycles. The molecule has 0 bridgehead atoms. The van der Waals surface area contributed by atoms with Gasteiger partial charge in [0.2, 0.25) is 5.91 Å². The highest BCUT2D eigenvalue weighted by Crippen LogP contribution is 2.27. The van der Waals surface area contributed by atoms with Crippen molar-refractivity contribution in [3.8, 4) is 5.75 Å². The standard InChI is InChI=1S/C23H25N3O5S/c1-16-19-21(24-15-26(22(19)28)14-18(27)25-10-6-3-7-11-25)32-20(16)23(29)31-13-12-30-17-8-4-2-5-9-17/h2,4-5,8-9,15H,3,6-7,10-14H2,1H3. The highest BCUT2D eigenvalue weighted by Gasteiger charge is 2.22. The summed E-state index contributed by atoms with van der Waals surface area (Å²) in [6, 6.07) is 9.27. The van der Waals surface area contributed by atoms with E-state index in [1.165, 1.54) is 10.9 Å². The van der Waals surface area contributed by atoms with Crippen LogP contribution in [-0.4, -0.2) is 52.6 Å². The predicted molar refractivity (Wildman–Crippen MR) is 121 cm³/mol. The molecule has 1 amide bonds. The Morgan fingerprint density at radius 1 is 1.09 bits per heavy atom. The molecule has 32 heavy (non-hydrogen) atoms. The second-order valence-electron chi connectivity index (χ2n) is 7.65. The predicted octanol–water partition coefficient (Wildman–Crippen LogP) is 3.01. The van der Waals surface area contributed by atoms with Crippen molar-refractivity contribution in [3.63, 3.8) is 0 Å². The number of thiophene rings is 1. The van der Waals surface area contributed by atoms with Gasteiger partial charge in [0.1, 0.15) is 35.2 Å². The minimum atomic E-state index is -0.516. The summed E-state index contributed by atoms with van der Waals surface area (Å²) in [7, 11) is 0. The molecule has 1 aliphatic heterocycles. The third-order valence-corrected chi connectivity index (χ3v) is 6.63. The molecule has 1 aromatic carbocycles. The van der Waals surface area contributed by atoms with Gasteiger partial charge in [0.05, 0.1) is 11.7 Å². The van der Waals surface area contributed by atoms with E-state index in [1.54, 1.807) is 11.8 Å². The van der Waals surface area contributed by atoms with Crippen molar-refractivity contribution in [2.24, 2.45) is 0 Å². The Balaban J connectivity index is 1.43. The van der Waals surface area contributed by atoms with Gasteiger partial charge in [-0.1, -0.05) is 18.2 Å². The lowest BCUT2D eigenvalue weighted by atomic mass is 10.1. The van der Waals surface area contributed by atoms with Crippen LogP contribution >= 0.6 is 11.3 Å². The maximum atomic E-state index is 13.0. The number of hydrogen-bond donors (Lipinski definition) is 0. The van der Waals surface area contributed by atoms with Crippen LogP contribution in [0, 0.1) is 6.92 Å². The number of amides is 1. The summed E-state index contributed by atoms with van der Waals surface area (Å²) in [5.41, 5.74) is 0.205. The number of carbonyl (C=O) groups is 2. The number of ether oxygens (including phenoxy) is 2. The Bertz CT molecular complexity index is 1170. The van der Waals surface area contributed by atoms with Crippen molar-refractivity contribution in [2.75, 3.05) is 26.3 Å². The molecule has 9 heteroatoms. The van der Waals surface area contributed by atoms with Crippen molar-refractivity contribution in [2.45, 2.75) is 32.7 Å². The molecule has 0 N–H and O–H groups in total. The van der Waals surface area contributed by atoms with Crippen molar-refractivity contribution in [1.29, 1.82) is 0 Å². The van der Waals surface area contributed by atoms with Gasteiger partial charge in [-0.15, -0.1) is 11.3 Å². The lowest BCUT2D eigenvalue weighted by Gasteiger charge is -2.26. The molecule has 4 rings (SSSR count). The molecule has 2 aromatic heterocycles. The first kappa shape index (κ1) is 22.0. The molecule has 0 atom stereocenters. The number of aromatic nitrogens is 2. The summed E-state index contributed by atoms with van der Waals surface area (Å²) in [6.45, 7) is 3.42. The molecule has 1 fully saturated rings. The number of rotatable bonds is 7. The first-order chi connectivity index (χ1) is 15.5. The van der Waals surface area contributed by atoms with Gasteiger partial charge in [-0.2, -0.15) is 0 Å². The van der Waals surface area contributed by atoms with Gasteiger partial charge in [0, 0.05) is 13.1 Å². The summed E-state index contributed by atoms with van der Waals surface area (Å²) < 4.78 is 12.2. The number of carbonyl (C=O) groups excluding carboxylic acids is 2. The van der Waals surface area contributed by atoms with E-state index in [1.807, 2.05) is 30.3 Å². The van der Waals surface area contributed by atoms with E-state index < -0.39 is 5.97 Å². The summed E-state index contributed by atoms with van der Waals surface area (Å²) >= 11 is 1.12. The number of esters is 1. The van der Waals surface area contributed by atoms with Gasteiger partial charge in [-0.3, -0.25) is 14.2 Å². The van der Waals surface area contributed by atoms with Crippen molar-refractivity contribution in [3.05, 3.63) is 57.5 Å². The zero-order valence-corrected chi connectivity index (χ0v) is 18.7. The Morgan fingerprint density at radius 2 is 1.84 bits per heavy atom. The second kappa shape index (κ2) is 9.95. The number of fused-ring (bicyclic) bond motifs is 1. The number of nitrogens with zero attached hydrogens (tertiary/aromatic N) is 3. The van der Waals surface area contributed by atoms with Crippen molar-refractivity contribution in [1.82, 2.24) is 14.5 Å². The molecular formula is C23H25N3O5S. The van der Waals surface area contributed by atoms with Crippen LogP contribution in [0.5, 0.6) is 5.75 Å². The second-order valence-corrected chi connectivity index (χ2v) is 8.65. The number of benzene rings is 1. The Hall–Kier alpha value is -3.20. The number of likely N-dealkylation sites (tertiary alicyclic amines) is 1. The molecule has 1 saturated heterocycles. The first-order valence-corrected chi connectivity index (χ1v) is 11.5. The maximum Gasteiger partial charge on any atom is 0.348 e. The van der Waals surface area contributed by atoms with E-state index in [0.29, 0.717) is 26.4 Å². The van der Waals surface area contributed by atoms with Crippen LogP contribution in [-0.2, 0) is 16.1 Å². The van der Waals surface area contributed by atoms with Gasteiger partial charge in [-0.25, -0.2) is 9.78 Å². The zero-order valence-electron chi connectivity index (χ0n) is 17.9. The van der Waals surface area contributed by atoms with Gasteiger partial charge >= 0.3 is 5.97 Å². The highest BCUT2D eigenvalue weighted by molar-refractivity contribution is 7.20. The molecular weight excluding hydrogens is 430 g/mol. The smallest absolute Gasteiger partial charge is 0.348 e. The average molecular weight is 456 g/mol. The molecule has 0 unspecified atom stereocenters. The van der Waals surface area contributed by atoms with Crippen LogP contribution in [0.3, 0.4) is 0 Å². The minimum absolute atomic E-state index is 0.0480. The van der Waals surface area contributed by atoms with Crippen LogP contribution in [0.15, 0.2) is 41.5 Å². The number of aryl methyl sites for hydroxylation is 1. The fraction of sp³-hybridized carbons (Fsp3) is 0.391. The Kier molecular flexibility index (Phi) is 6.84. The molecule has 3 heterocycles. The van der Waals surface area contributed by atoms with Crippen LogP contribution in [0.25, 0.3) is 10.2 Å². The molecule has 168 valence electrons. The molecule has 8 nitrogen and oxygen atoms in total. The highest BCUT2D eigenvalue weighted by atomic mass is 32.1. The Morgan fingerprint density at radius 3 is 2.59 bits per heavy atom. The summed E-state index contributed by atoms with van der Waals surface area (Å²) in [6.07, 6.45) is 4.49. The SMILES string of the molecule is Cc1c(C(=O)OCCOc2ccccc2)sc2ncn(CC(=O)N3CCCCC3)c(=O)c12. The van der Waals surface area contributed by atoms with Gasteiger partial charge in [-0.05, 0) is 43.9 Å². The third kappa shape index (κ3) is 4.83. The fourth-order valence-electron chi connectivity index (χ4n) is 3.73. The zero-order chi connectivity index (χ0) is 22.5.